The van der Waals surface area contributed by atoms with Crippen molar-refractivity contribution in [2.45, 2.75) is 45.1 Å². The van der Waals surface area contributed by atoms with Crippen molar-refractivity contribution in [1.29, 1.82) is 0 Å². The van der Waals surface area contributed by atoms with Gasteiger partial charge in [0.15, 0.2) is 0 Å². The van der Waals surface area contributed by atoms with Gasteiger partial charge in [0.05, 0.1) is 7.11 Å². The topological polar surface area (TPSA) is 41.6 Å². The summed E-state index contributed by atoms with van der Waals surface area (Å²) in [4.78, 5) is 14.4. The number of likely N-dealkylation sites (N-methyl/N-ethyl adjacent to an activating group) is 1. The van der Waals surface area contributed by atoms with Gasteiger partial charge in [0.25, 0.3) is 0 Å². The largest absolute Gasteiger partial charge is 0.468 e. The summed E-state index contributed by atoms with van der Waals surface area (Å²) in [7, 11) is 5.57. The molecule has 0 aromatic rings. The minimum atomic E-state index is -0.518. The van der Waals surface area contributed by atoms with Crippen LogP contribution in [0.3, 0.4) is 0 Å². The van der Waals surface area contributed by atoms with Crippen LogP contribution in [0.1, 0.15) is 39.5 Å². The maximum absolute atomic E-state index is 12.3. The molecule has 0 aromatic carbocycles. The highest BCUT2D eigenvalue weighted by Gasteiger charge is 2.52. The van der Waals surface area contributed by atoms with Crippen molar-refractivity contribution in [1.82, 2.24) is 10.2 Å². The van der Waals surface area contributed by atoms with Crippen molar-refractivity contribution < 1.29 is 9.53 Å². The molecule has 1 N–H and O–H groups in total. The molecule has 18 heavy (non-hydrogen) atoms. The minimum Gasteiger partial charge on any atom is -0.468 e. The summed E-state index contributed by atoms with van der Waals surface area (Å²) in [6.45, 7) is 6.08. The van der Waals surface area contributed by atoms with Gasteiger partial charge < -0.3 is 15.0 Å². The van der Waals surface area contributed by atoms with Crippen molar-refractivity contribution in [3.05, 3.63) is 0 Å². The molecule has 1 rings (SSSR count). The first-order valence-corrected chi connectivity index (χ1v) is 6.84. The first-order chi connectivity index (χ1) is 8.35. The molecule has 0 spiro atoms. The van der Waals surface area contributed by atoms with E-state index in [0.29, 0.717) is 0 Å². The summed E-state index contributed by atoms with van der Waals surface area (Å²) < 4.78 is 5.07. The fourth-order valence-corrected chi connectivity index (χ4v) is 2.95. The highest BCUT2D eigenvalue weighted by Crippen LogP contribution is 2.44. The van der Waals surface area contributed by atoms with Crippen molar-refractivity contribution in [2.75, 3.05) is 34.3 Å². The standard InChI is InChI=1S/C14H28N2O2/c1-13(2)8-6-7-9-14(13,12(17)18-5)15-10-11-16(3)4/h15H,6-11H2,1-5H3. The molecule has 0 radical (unpaired) electrons. The van der Waals surface area contributed by atoms with Gasteiger partial charge in [-0.1, -0.05) is 26.7 Å². The van der Waals surface area contributed by atoms with Gasteiger partial charge in [0.2, 0.25) is 0 Å². The third-order valence-electron chi connectivity index (χ3n) is 4.28. The van der Waals surface area contributed by atoms with Crippen LogP contribution in [-0.4, -0.2) is 50.7 Å². The van der Waals surface area contributed by atoms with Crippen LogP contribution in [0.2, 0.25) is 0 Å². The van der Waals surface area contributed by atoms with Gasteiger partial charge in [-0.05, 0) is 32.4 Å². The smallest absolute Gasteiger partial charge is 0.326 e. The number of carbonyl (C=O) groups is 1. The van der Waals surface area contributed by atoms with Gasteiger partial charge in [-0.25, -0.2) is 0 Å². The zero-order chi connectivity index (χ0) is 13.8. The van der Waals surface area contributed by atoms with Gasteiger partial charge in [0.1, 0.15) is 5.54 Å². The molecule has 0 aliphatic heterocycles. The number of nitrogens with one attached hydrogen (secondary N) is 1. The molecule has 1 atom stereocenters. The molecular formula is C14H28N2O2. The van der Waals surface area contributed by atoms with Crippen molar-refractivity contribution in [2.24, 2.45) is 5.41 Å². The average Bonchev–Trinajstić information content (AvgIpc) is 2.29. The number of nitrogens with zero attached hydrogens (tertiary/aromatic N) is 1. The Kier molecular flexibility index (Phi) is 5.17. The van der Waals surface area contributed by atoms with Crippen LogP contribution in [0.5, 0.6) is 0 Å². The molecule has 1 aliphatic carbocycles. The van der Waals surface area contributed by atoms with Gasteiger partial charge in [-0.3, -0.25) is 4.79 Å². The Bertz CT molecular complexity index is 290. The molecule has 1 saturated carbocycles. The molecule has 1 fully saturated rings. The fourth-order valence-electron chi connectivity index (χ4n) is 2.95. The second-order valence-corrected chi connectivity index (χ2v) is 6.22. The van der Waals surface area contributed by atoms with E-state index in [4.69, 9.17) is 4.74 Å². The molecule has 0 aromatic heterocycles. The molecule has 1 unspecified atom stereocenters. The van der Waals surface area contributed by atoms with E-state index in [9.17, 15) is 4.79 Å². The van der Waals surface area contributed by atoms with Crippen LogP contribution < -0.4 is 5.32 Å². The van der Waals surface area contributed by atoms with Crippen LogP contribution in [0.4, 0.5) is 0 Å². The number of hydrogen-bond donors (Lipinski definition) is 1. The van der Waals surface area contributed by atoms with E-state index in [1.807, 2.05) is 14.1 Å². The lowest BCUT2D eigenvalue weighted by Crippen LogP contribution is -2.64. The molecule has 0 amide bonds. The van der Waals surface area contributed by atoms with Crippen LogP contribution in [0.25, 0.3) is 0 Å². The third-order valence-corrected chi connectivity index (χ3v) is 4.28. The van der Waals surface area contributed by atoms with Gasteiger partial charge in [-0.2, -0.15) is 0 Å². The maximum atomic E-state index is 12.3. The molecule has 1 aliphatic rings. The summed E-state index contributed by atoms with van der Waals surface area (Å²) in [5.41, 5.74) is -0.569. The molecule has 4 heteroatoms. The molecular weight excluding hydrogens is 228 g/mol. The molecule has 0 saturated heterocycles. The first kappa shape index (κ1) is 15.4. The Morgan fingerprint density at radius 1 is 1.28 bits per heavy atom. The summed E-state index contributed by atoms with van der Waals surface area (Å²) >= 11 is 0. The molecule has 106 valence electrons. The molecule has 4 nitrogen and oxygen atoms in total. The van der Waals surface area contributed by atoms with Crippen LogP contribution in [0.15, 0.2) is 0 Å². The lowest BCUT2D eigenvalue weighted by molar-refractivity contribution is -0.157. The predicted octanol–water partition coefficient (Wildman–Crippen LogP) is 1.65. The van der Waals surface area contributed by atoms with E-state index in [0.717, 1.165) is 32.4 Å². The van der Waals surface area contributed by atoms with E-state index in [1.165, 1.54) is 13.5 Å². The van der Waals surface area contributed by atoms with Crippen LogP contribution in [-0.2, 0) is 9.53 Å². The Balaban J connectivity index is 2.84. The van der Waals surface area contributed by atoms with Crippen molar-refractivity contribution in [3.63, 3.8) is 0 Å². The zero-order valence-electron chi connectivity index (χ0n) is 12.5. The number of ether oxygens (including phenoxy) is 1. The number of esters is 1. The normalized spacial score (nSPS) is 27.2. The Labute approximate surface area is 111 Å². The number of hydrogen-bond acceptors (Lipinski definition) is 4. The molecule has 0 heterocycles. The van der Waals surface area contributed by atoms with E-state index < -0.39 is 5.54 Å². The highest BCUT2D eigenvalue weighted by molar-refractivity contribution is 5.82. The second-order valence-electron chi connectivity index (χ2n) is 6.22. The van der Waals surface area contributed by atoms with Gasteiger partial charge in [-0.15, -0.1) is 0 Å². The van der Waals surface area contributed by atoms with Crippen molar-refractivity contribution in [3.8, 4) is 0 Å². The van der Waals surface area contributed by atoms with Crippen LogP contribution in [0, 0.1) is 5.41 Å². The van der Waals surface area contributed by atoms with Gasteiger partial charge >= 0.3 is 5.97 Å². The zero-order valence-corrected chi connectivity index (χ0v) is 12.5. The third kappa shape index (κ3) is 3.04. The summed E-state index contributed by atoms with van der Waals surface area (Å²) in [5.74, 6) is -0.106. The predicted molar refractivity (Wildman–Crippen MR) is 73.6 cm³/mol. The average molecular weight is 256 g/mol. The van der Waals surface area contributed by atoms with Crippen LogP contribution >= 0.6 is 0 Å². The first-order valence-electron chi connectivity index (χ1n) is 6.84. The highest BCUT2D eigenvalue weighted by atomic mass is 16.5. The number of rotatable bonds is 5. The minimum absolute atomic E-state index is 0.0509. The SMILES string of the molecule is COC(=O)C1(NCCN(C)C)CCCCC1(C)C. The van der Waals surface area contributed by atoms with E-state index >= 15 is 0 Å². The van der Waals surface area contributed by atoms with Gasteiger partial charge in [0, 0.05) is 13.1 Å². The quantitative estimate of drug-likeness (QED) is 0.760. The van der Waals surface area contributed by atoms with E-state index in [1.54, 1.807) is 0 Å². The summed E-state index contributed by atoms with van der Waals surface area (Å²) in [5, 5.41) is 3.49. The van der Waals surface area contributed by atoms with Crippen molar-refractivity contribution >= 4 is 5.97 Å². The monoisotopic (exact) mass is 256 g/mol. The fraction of sp³-hybridized carbons (Fsp3) is 0.929. The number of methoxy groups -OCH3 is 1. The van der Waals surface area contributed by atoms with E-state index in [-0.39, 0.29) is 11.4 Å². The summed E-state index contributed by atoms with van der Waals surface area (Å²) in [6.07, 6.45) is 4.23. The maximum Gasteiger partial charge on any atom is 0.326 e. The lowest BCUT2D eigenvalue weighted by Gasteiger charge is -2.48. The van der Waals surface area contributed by atoms with E-state index in [2.05, 4.69) is 24.1 Å². The molecule has 0 bridgehead atoms. The Morgan fingerprint density at radius 2 is 1.89 bits per heavy atom. The number of carbonyl (C=O) groups excluding carboxylic acids is 1. The summed E-state index contributed by atoms with van der Waals surface area (Å²) in [6, 6.07) is 0. The Morgan fingerprint density at radius 3 is 2.39 bits per heavy atom. The Hall–Kier alpha value is -0.610. The lowest BCUT2D eigenvalue weighted by atomic mass is 9.63. The second kappa shape index (κ2) is 6.02.